The summed E-state index contributed by atoms with van der Waals surface area (Å²) in [7, 11) is 0. The Kier molecular flexibility index (Phi) is 3.99. The van der Waals surface area contributed by atoms with Crippen LogP contribution in [0.15, 0.2) is 41.1 Å². The highest BCUT2D eigenvalue weighted by atomic mass is 35.5. The van der Waals surface area contributed by atoms with Crippen molar-refractivity contribution in [2.24, 2.45) is 0 Å². The van der Waals surface area contributed by atoms with E-state index in [4.69, 9.17) is 17.3 Å². The van der Waals surface area contributed by atoms with Gasteiger partial charge in [0.05, 0.1) is 5.39 Å². The molecule has 0 saturated carbocycles. The summed E-state index contributed by atoms with van der Waals surface area (Å²) in [5.41, 5.74) is 7.38. The number of hydrogen-bond donors (Lipinski definition) is 1. The molecule has 0 fully saturated rings. The molecular formula is C16H10ClF3N6O. The number of anilines is 1. The molecule has 4 aromatic rings. The third kappa shape index (κ3) is 3.31. The van der Waals surface area contributed by atoms with Crippen LogP contribution in [0, 0.1) is 0 Å². The van der Waals surface area contributed by atoms with E-state index in [1.54, 1.807) is 35.0 Å². The fourth-order valence-electron chi connectivity index (χ4n) is 2.63. The van der Waals surface area contributed by atoms with Crippen LogP contribution in [0.2, 0.25) is 5.15 Å². The fourth-order valence-corrected chi connectivity index (χ4v) is 2.87. The van der Waals surface area contributed by atoms with Crippen LogP contribution in [0.4, 0.5) is 19.1 Å². The molecule has 27 heavy (non-hydrogen) atoms. The summed E-state index contributed by atoms with van der Waals surface area (Å²) in [5.74, 6) is -1.48. The van der Waals surface area contributed by atoms with Crippen molar-refractivity contribution in [3.63, 3.8) is 0 Å². The molecule has 0 spiro atoms. The van der Waals surface area contributed by atoms with Gasteiger partial charge in [0.25, 0.3) is 0 Å². The lowest BCUT2D eigenvalue weighted by molar-refractivity contribution is -0.159. The number of aromatic nitrogens is 5. The monoisotopic (exact) mass is 394 g/mol. The van der Waals surface area contributed by atoms with Gasteiger partial charge < -0.3 is 14.8 Å². The van der Waals surface area contributed by atoms with Gasteiger partial charge in [-0.1, -0.05) is 35.0 Å². The average Bonchev–Trinajstić information content (AvgIpc) is 3.23. The van der Waals surface area contributed by atoms with Crippen molar-refractivity contribution in [1.82, 2.24) is 24.7 Å². The van der Waals surface area contributed by atoms with E-state index >= 15 is 0 Å². The van der Waals surface area contributed by atoms with E-state index in [1.165, 1.54) is 0 Å². The zero-order chi connectivity index (χ0) is 19.2. The average molecular weight is 395 g/mol. The minimum absolute atomic E-state index is 0.0488. The highest BCUT2D eigenvalue weighted by Crippen LogP contribution is 2.30. The standard InChI is InChI=1S/C16H10ClF3N6O/c17-11-10-4-5-26(13(10)24-15(21)22-11)7-8-2-1-3-9(6-8)12-23-14(27-25-12)16(18,19)20/h1-6H,7H2,(H2,21,22,24). The highest BCUT2D eigenvalue weighted by molar-refractivity contribution is 6.34. The Morgan fingerprint density at radius 1 is 1.15 bits per heavy atom. The highest BCUT2D eigenvalue weighted by Gasteiger charge is 2.38. The maximum absolute atomic E-state index is 12.6. The molecule has 0 aliphatic carbocycles. The van der Waals surface area contributed by atoms with Gasteiger partial charge in [-0.05, 0) is 17.7 Å². The number of halogens is 4. The minimum atomic E-state index is -4.69. The third-order valence-corrected chi connectivity index (χ3v) is 4.08. The molecule has 3 aromatic heterocycles. The lowest BCUT2D eigenvalue weighted by atomic mass is 10.1. The first-order valence-corrected chi connectivity index (χ1v) is 7.97. The Morgan fingerprint density at radius 3 is 2.70 bits per heavy atom. The van der Waals surface area contributed by atoms with E-state index in [9.17, 15) is 13.2 Å². The molecule has 0 atom stereocenters. The smallest absolute Gasteiger partial charge is 0.368 e. The first-order chi connectivity index (χ1) is 12.8. The molecule has 3 heterocycles. The number of rotatable bonds is 3. The van der Waals surface area contributed by atoms with E-state index in [1.807, 2.05) is 6.07 Å². The quantitative estimate of drug-likeness (QED) is 0.531. The lowest BCUT2D eigenvalue weighted by Gasteiger charge is -2.07. The Hall–Kier alpha value is -3.14. The predicted molar refractivity (Wildman–Crippen MR) is 90.8 cm³/mol. The summed E-state index contributed by atoms with van der Waals surface area (Å²) in [6, 6.07) is 8.53. The van der Waals surface area contributed by atoms with Crippen molar-refractivity contribution in [3.05, 3.63) is 53.1 Å². The van der Waals surface area contributed by atoms with Gasteiger partial charge in [0, 0.05) is 18.3 Å². The molecule has 0 unspecified atom stereocenters. The molecule has 138 valence electrons. The van der Waals surface area contributed by atoms with Gasteiger partial charge in [0.2, 0.25) is 11.8 Å². The largest absolute Gasteiger partial charge is 0.471 e. The Morgan fingerprint density at radius 2 is 1.96 bits per heavy atom. The van der Waals surface area contributed by atoms with Crippen LogP contribution in [0.1, 0.15) is 11.5 Å². The Labute approximate surface area is 154 Å². The van der Waals surface area contributed by atoms with Gasteiger partial charge in [-0.25, -0.2) is 4.98 Å². The first kappa shape index (κ1) is 17.3. The number of nitrogen functional groups attached to an aromatic ring is 1. The molecular weight excluding hydrogens is 385 g/mol. The van der Waals surface area contributed by atoms with Crippen LogP contribution in [-0.4, -0.2) is 24.7 Å². The molecule has 11 heteroatoms. The van der Waals surface area contributed by atoms with Gasteiger partial charge >= 0.3 is 12.1 Å². The zero-order valence-electron chi connectivity index (χ0n) is 13.4. The molecule has 0 radical (unpaired) electrons. The van der Waals surface area contributed by atoms with E-state index < -0.39 is 12.1 Å². The topological polar surface area (TPSA) is 95.7 Å². The molecule has 0 bridgehead atoms. The Bertz CT molecular complexity index is 1140. The summed E-state index contributed by atoms with van der Waals surface area (Å²) in [6.45, 7) is 0.383. The van der Waals surface area contributed by atoms with E-state index in [-0.39, 0.29) is 16.9 Å². The molecule has 1 aromatic carbocycles. The second kappa shape index (κ2) is 6.23. The minimum Gasteiger partial charge on any atom is -0.368 e. The van der Waals surface area contributed by atoms with Crippen molar-refractivity contribution in [2.45, 2.75) is 12.7 Å². The zero-order valence-corrected chi connectivity index (χ0v) is 14.2. The second-order valence-electron chi connectivity index (χ2n) is 5.67. The number of benzene rings is 1. The number of alkyl halides is 3. The normalized spacial score (nSPS) is 12.0. The van der Waals surface area contributed by atoms with Gasteiger partial charge in [-0.2, -0.15) is 23.1 Å². The lowest BCUT2D eigenvalue weighted by Crippen LogP contribution is -2.05. The maximum Gasteiger partial charge on any atom is 0.471 e. The first-order valence-electron chi connectivity index (χ1n) is 7.59. The molecule has 7 nitrogen and oxygen atoms in total. The number of hydrogen-bond acceptors (Lipinski definition) is 6. The van der Waals surface area contributed by atoms with Crippen LogP contribution in [-0.2, 0) is 12.7 Å². The van der Waals surface area contributed by atoms with E-state index in [0.717, 1.165) is 5.56 Å². The van der Waals surface area contributed by atoms with Gasteiger partial charge in [-0.15, -0.1) is 0 Å². The molecule has 0 amide bonds. The van der Waals surface area contributed by atoms with Crippen molar-refractivity contribution < 1.29 is 17.7 Å². The van der Waals surface area contributed by atoms with Crippen LogP contribution < -0.4 is 5.73 Å². The molecule has 2 N–H and O–H groups in total. The van der Waals surface area contributed by atoms with E-state index in [2.05, 4.69) is 24.6 Å². The molecule has 4 rings (SSSR count). The van der Waals surface area contributed by atoms with Crippen molar-refractivity contribution in [2.75, 3.05) is 5.73 Å². The summed E-state index contributed by atoms with van der Waals surface area (Å²) in [4.78, 5) is 11.5. The van der Waals surface area contributed by atoms with Crippen molar-refractivity contribution in [1.29, 1.82) is 0 Å². The Balaban J connectivity index is 1.67. The van der Waals surface area contributed by atoms with Crippen LogP contribution >= 0.6 is 11.6 Å². The summed E-state index contributed by atoms with van der Waals surface area (Å²) >= 11 is 6.06. The maximum atomic E-state index is 12.6. The number of fused-ring (bicyclic) bond motifs is 1. The van der Waals surface area contributed by atoms with Crippen LogP contribution in [0.5, 0.6) is 0 Å². The molecule has 0 aliphatic rings. The van der Waals surface area contributed by atoms with Crippen molar-refractivity contribution in [3.8, 4) is 11.4 Å². The number of nitrogens with zero attached hydrogens (tertiary/aromatic N) is 5. The summed E-state index contributed by atoms with van der Waals surface area (Å²) < 4.78 is 44.0. The van der Waals surface area contributed by atoms with Gasteiger partial charge in [0.1, 0.15) is 10.8 Å². The third-order valence-electron chi connectivity index (χ3n) is 3.80. The van der Waals surface area contributed by atoms with Gasteiger partial charge in [0.15, 0.2) is 0 Å². The van der Waals surface area contributed by atoms with Crippen molar-refractivity contribution >= 4 is 28.6 Å². The van der Waals surface area contributed by atoms with Gasteiger partial charge in [-0.3, -0.25) is 0 Å². The summed E-state index contributed by atoms with van der Waals surface area (Å²) in [6.07, 6.45) is -2.92. The van der Waals surface area contributed by atoms with E-state index in [0.29, 0.717) is 23.1 Å². The predicted octanol–water partition coefficient (Wildman–Crippen LogP) is 3.78. The summed E-state index contributed by atoms with van der Waals surface area (Å²) in [5, 5.41) is 4.29. The fraction of sp³-hybridized carbons (Fsp3) is 0.125. The number of nitrogens with two attached hydrogens (primary N) is 1. The van der Waals surface area contributed by atoms with Crippen LogP contribution in [0.25, 0.3) is 22.4 Å². The van der Waals surface area contributed by atoms with Crippen LogP contribution in [0.3, 0.4) is 0 Å². The molecule has 0 saturated heterocycles. The molecule has 0 aliphatic heterocycles. The SMILES string of the molecule is Nc1nc(Cl)c2ccn(Cc3cccc(-c4noc(C(F)(F)F)n4)c3)c2n1. The second-order valence-corrected chi connectivity index (χ2v) is 6.03.